The fourth-order valence-corrected chi connectivity index (χ4v) is 3.19. The van der Waals surface area contributed by atoms with Crippen LogP contribution in [0.3, 0.4) is 0 Å². The molecule has 1 amide bonds. The van der Waals surface area contributed by atoms with Crippen molar-refractivity contribution in [2.75, 3.05) is 29.9 Å². The molecule has 0 aliphatic carbocycles. The molecule has 130 valence electrons. The first-order chi connectivity index (χ1) is 12.2. The molecule has 0 spiro atoms. The van der Waals surface area contributed by atoms with Gasteiger partial charge in [-0.1, -0.05) is 18.2 Å². The third kappa shape index (κ3) is 3.38. The van der Waals surface area contributed by atoms with Gasteiger partial charge in [-0.15, -0.1) is 0 Å². The number of amides is 1. The van der Waals surface area contributed by atoms with Crippen molar-refractivity contribution in [3.63, 3.8) is 0 Å². The largest absolute Gasteiger partial charge is 0.494 e. The maximum Gasteiger partial charge on any atom is 0.256 e. The predicted octanol–water partition coefficient (Wildman–Crippen LogP) is 4.42. The van der Waals surface area contributed by atoms with Crippen LogP contribution >= 0.6 is 0 Å². The van der Waals surface area contributed by atoms with E-state index < -0.39 is 0 Å². The van der Waals surface area contributed by atoms with E-state index in [0.29, 0.717) is 12.2 Å². The number of nitrogens with one attached hydrogen (secondary N) is 1. The number of nitrogens with zero attached hydrogens (tertiary/aromatic N) is 1. The first-order valence-electron chi connectivity index (χ1n) is 8.82. The number of anilines is 2. The highest BCUT2D eigenvalue weighted by atomic mass is 16.5. The Morgan fingerprint density at radius 3 is 2.56 bits per heavy atom. The molecule has 0 fully saturated rings. The second-order valence-corrected chi connectivity index (χ2v) is 5.88. The van der Waals surface area contributed by atoms with Gasteiger partial charge in [0, 0.05) is 36.0 Å². The Morgan fingerprint density at radius 1 is 1.08 bits per heavy atom. The van der Waals surface area contributed by atoms with Gasteiger partial charge in [-0.05, 0) is 50.6 Å². The number of ether oxygens (including phenoxy) is 1. The predicted molar refractivity (Wildman–Crippen MR) is 104 cm³/mol. The number of hydrogen-bond donors (Lipinski definition) is 1. The van der Waals surface area contributed by atoms with E-state index in [0.717, 1.165) is 41.3 Å². The molecule has 0 aromatic heterocycles. The van der Waals surface area contributed by atoms with Crippen LogP contribution in [-0.2, 0) is 4.79 Å². The molecule has 1 aliphatic rings. The van der Waals surface area contributed by atoms with Gasteiger partial charge >= 0.3 is 0 Å². The number of carbonyl (C=O) groups excluding carboxylic acids is 1. The lowest BCUT2D eigenvalue weighted by Gasteiger charge is -2.23. The first kappa shape index (κ1) is 17.1. The summed E-state index contributed by atoms with van der Waals surface area (Å²) in [6.07, 6.45) is 1.98. The number of para-hydroxylation sites is 1. The van der Waals surface area contributed by atoms with Gasteiger partial charge in [0.05, 0.1) is 12.3 Å². The maximum absolute atomic E-state index is 12.5. The van der Waals surface area contributed by atoms with Gasteiger partial charge in [0.2, 0.25) is 0 Å². The lowest BCUT2D eigenvalue weighted by atomic mass is 10.0. The van der Waals surface area contributed by atoms with Gasteiger partial charge in [-0.2, -0.15) is 0 Å². The van der Waals surface area contributed by atoms with Gasteiger partial charge in [-0.25, -0.2) is 0 Å². The fourth-order valence-electron chi connectivity index (χ4n) is 3.19. The molecule has 1 aliphatic heterocycles. The van der Waals surface area contributed by atoms with Gasteiger partial charge in [0.1, 0.15) is 5.75 Å². The molecule has 0 saturated carbocycles. The number of rotatable bonds is 6. The van der Waals surface area contributed by atoms with Crippen LogP contribution in [0.5, 0.6) is 5.75 Å². The van der Waals surface area contributed by atoms with E-state index in [9.17, 15) is 4.79 Å². The summed E-state index contributed by atoms with van der Waals surface area (Å²) in [5, 5.41) is 2.94. The lowest BCUT2D eigenvalue weighted by molar-refractivity contribution is -0.110. The van der Waals surface area contributed by atoms with Crippen LogP contribution in [0.4, 0.5) is 11.4 Å². The quantitative estimate of drug-likeness (QED) is 0.794. The Kier molecular flexibility index (Phi) is 5.08. The number of carbonyl (C=O) groups is 1. The molecule has 4 nitrogen and oxygen atoms in total. The number of hydrogen-bond acceptors (Lipinski definition) is 3. The zero-order valence-electron chi connectivity index (χ0n) is 15.0. The number of fused-ring (bicyclic) bond motifs is 1. The van der Waals surface area contributed by atoms with Crippen molar-refractivity contribution in [1.29, 1.82) is 0 Å². The molecule has 1 N–H and O–H groups in total. The summed E-state index contributed by atoms with van der Waals surface area (Å²) in [5.41, 5.74) is 4.62. The first-order valence-corrected chi connectivity index (χ1v) is 8.82. The Bertz CT molecular complexity index is 807. The molecule has 2 aromatic rings. The molecular formula is C21H24N2O2. The van der Waals surface area contributed by atoms with Gasteiger partial charge in [-0.3, -0.25) is 4.79 Å². The minimum absolute atomic E-state index is 0.0713. The fraction of sp³-hybridized carbons (Fsp3) is 0.286. The summed E-state index contributed by atoms with van der Waals surface area (Å²) in [6.45, 7) is 8.68. The SMILES string of the molecule is CCOc1ccc2c(c1)NC(=O)/C2=C/c1ccccc1N(CC)CC. The van der Waals surface area contributed by atoms with E-state index in [1.54, 1.807) is 0 Å². The smallest absolute Gasteiger partial charge is 0.256 e. The maximum atomic E-state index is 12.5. The molecule has 0 atom stereocenters. The average molecular weight is 336 g/mol. The van der Waals surface area contributed by atoms with Crippen LogP contribution in [0.25, 0.3) is 11.6 Å². The highest BCUT2D eigenvalue weighted by Crippen LogP contribution is 2.36. The minimum atomic E-state index is -0.0713. The molecule has 0 saturated heterocycles. The Balaban J connectivity index is 2.03. The molecule has 3 rings (SSSR count). The molecule has 0 bridgehead atoms. The van der Waals surface area contributed by atoms with Crippen molar-refractivity contribution in [2.24, 2.45) is 0 Å². The summed E-state index contributed by atoms with van der Waals surface area (Å²) in [5.74, 6) is 0.698. The topological polar surface area (TPSA) is 41.6 Å². The van der Waals surface area contributed by atoms with Crippen LogP contribution in [-0.4, -0.2) is 25.6 Å². The van der Waals surface area contributed by atoms with Crippen molar-refractivity contribution in [3.05, 3.63) is 53.6 Å². The third-order valence-corrected chi connectivity index (χ3v) is 4.43. The second kappa shape index (κ2) is 7.43. The van der Waals surface area contributed by atoms with Crippen molar-refractivity contribution in [2.45, 2.75) is 20.8 Å². The van der Waals surface area contributed by atoms with E-state index in [4.69, 9.17) is 4.74 Å². The van der Waals surface area contributed by atoms with Crippen molar-refractivity contribution >= 4 is 28.9 Å². The van der Waals surface area contributed by atoms with Gasteiger partial charge < -0.3 is 15.0 Å². The van der Waals surface area contributed by atoms with Crippen LogP contribution in [0, 0.1) is 0 Å². The average Bonchev–Trinajstić information content (AvgIpc) is 2.92. The minimum Gasteiger partial charge on any atom is -0.494 e. The second-order valence-electron chi connectivity index (χ2n) is 5.88. The zero-order chi connectivity index (χ0) is 17.8. The molecule has 0 unspecified atom stereocenters. The monoisotopic (exact) mass is 336 g/mol. The van der Waals surface area contributed by atoms with E-state index in [1.807, 2.05) is 43.3 Å². The normalized spacial score (nSPS) is 14.4. The molecule has 2 aromatic carbocycles. The van der Waals surface area contributed by atoms with Crippen molar-refractivity contribution in [3.8, 4) is 5.75 Å². The van der Waals surface area contributed by atoms with E-state index in [1.165, 1.54) is 0 Å². The summed E-state index contributed by atoms with van der Waals surface area (Å²) in [7, 11) is 0. The zero-order valence-corrected chi connectivity index (χ0v) is 15.0. The van der Waals surface area contributed by atoms with Crippen molar-refractivity contribution < 1.29 is 9.53 Å². The summed E-state index contributed by atoms with van der Waals surface area (Å²) >= 11 is 0. The van der Waals surface area contributed by atoms with Crippen LogP contribution in [0.2, 0.25) is 0 Å². The van der Waals surface area contributed by atoms with Crippen LogP contribution < -0.4 is 15.0 Å². The summed E-state index contributed by atoms with van der Waals surface area (Å²) in [4.78, 5) is 14.8. The molecule has 4 heteroatoms. The van der Waals surface area contributed by atoms with E-state index in [-0.39, 0.29) is 5.91 Å². The van der Waals surface area contributed by atoms with Gasteiger partial charge in [0.15, 0.2) is 0 Å². The van der Waals surface area contributed by atoms with Crippen LogP contribution in [0.15, 0.2) is 42.5 Å². The van der Waals surface area contributed by atoms with E-state index >= 15 is 0 Å². The Morgan fingerprint density at radius 2 is 1.84 bits per heavy atom. The third-order valence-electron chi connectivity index (χ3n) is 4.43. The number of benzene rings is 2. The van der Waals surface area contributed by atoms with Crippen LogP contribution in [0.1, 0.15) is 31.9 Å². The van der Waals surface area contributed by atoms with Gasteiger partial charge in [0.25, 0.3) is 5.91 Å². The molecular weight excluding hydrogens is 312 g/mol. The Labute approximate surface area is 149 Å². The lowest BCUT2D eigenvalue weighted by Crippen LogP contribution is -2.22. The molecule has 25 heavy (non-hydrogen) atoms. The molecule has 1 heterocycles. The molecule has 0 radical (unpaired) electrons. The van der Waals surface area contributed by atoms with E-state index in [2.05, 4.69) is 36.2 Å². The standard InChI is InChI=1S/C21H24N2O2/c1-4-23(5-2)20-10-8-7-9-15(20)13-18-17-12-11-16(25-6-3)14-19(17)22-21(18)24/h7-14H,4-6H2,1-3H3,(H,22,24)/b18-13+. The summed E-state index contributed by atoms with van der Waals surface area (Å²) < 4.78 is 5.52. The highest BCUT2D eigenvalue weighted by molar-refractivity contribution is 6.35. The summed E-state index contributed by atoms with van der Waals surface area (Å²) in [6, 6.07) is 13.9. The highest BCUT2D eigenvalue weighted by Gasteiger charge is 2.25. The van der Waals surface area contributed by atoms with Crippen molar-refractivity contribution in [1.82, 2.24) is 0 Å². The Hall–Kier alpha value is -2.75.